The Bertz CT molecular complexity index is 549. The molecule has 2 aliphatic heterocycles. The Kier molecular flexibility index (Phi) is 2.20. The number of fused-ring (bicyclic) bond motifs is 3. The monoisotopic (exact) mass is 241 g/mol. The SMILES string of the molecule is c1coc([C@H]2Nc3ccccc3[C@H]3OCC[C@@H]23)c1. The summed E-state index contributed by atoms with van der Waals surface area (Å²) in [5.74, 6) is 1.47. The molecule has 1 saturated heterocycles. The molecule has 2 aliphatic rings. The van der Waals surface area contributed by atoms with Crippen LogP contribution in [-0.4, -0.2) is 6.61 Å². The fourth-order valence-electron chi connectivity index (χ4n) is 3.17. The quantitative estimate of drug-likeness (QED) is 0.829. The lowest BCUT2D eigenvalue weighted by Crippen LogP contribution is -2.28. The van der Waals surface area contributed by atoms with E-state index >= 15 is 0 Å². The third-order valence-electron chi connectivity index (χ3n) is 3.99. The molecule has 0 unspecified atom stereocenters. The highest BCUT2D eigenvalue weighted by atomic mass is 16.5. The van der Waals surface area contributed by atoms with Gasteiger partial charge in [-0.15, -0.1) is 0 Å². The highest BCUT2D eigenvalue weighted by Gasteiger charge is 2.42. The number of furan rings is 1. The summed E-state index contributed by atoms with van der Waals surface area (Å²) in [5, 5.41) is 3.60. The molecule has 0 bridgehead atoms. The predicted octanol–water partition coefficient (Wildman–Crippen LogP) is 3.52. The van der Waals surface area contributed by atoms with Crippen molar-refractivity contribution in [3.05, 3.63) is 54.0 Å². The lowest BCUT2D eigenvalue weighted by atomic mass is 9.83. The fourth-order valence-corrected chi connectivity index (χ4v) is 3.17. The van der Waals surface area contributed by atoms with E-state index in [9.17, 15) is 0 Å². The highest BCUT2D eigenvalue weighted by molar-refractivity contribution is 5.56. The van der Waals surface area contributed by atoms with Crippen molar-refractivity contribution in [2.45, 2.75) is 18.6 Å². The first-order valence-electron chi connectivity index (χ1n) is 6.44. The average Bonchev–Trinajstić information content (AvgIpc) is 3.09. The number of hydrogen-bond acceptors (Lipinski definition) is 3. The van der Waals surface area contributed by atoms with E-state index in [2.05, 4.69) is 29.6 Å². The van der Waals surface area contributed by atoms with Crippen LogP contribution in [0.3, 0.4) is 0 Å². The Morgan fingerprint density at radius 2 is 2.06 bits per heavy atom. The third-order valence-corrected chi connectivity index (χ3v) is 3.99. The molecule has 1 fully saturated rings. The van der Waals surface area contributed by atoms with Crippen LogP contribution in [-0.2, 0) is 4.74 Å². The van der Waals surface area contributed by atoms with Gasteiger partial charge in [-0.05, 0) is 24.6 Å². The Labute approximate surface area is 106 Å². The van der Waals surface area contributed by atoms with E-state index < -0.39 is 0 Å². The Morgan fingerprint density at radius 3 is 2.94 bits per heavy atom. The molecule has 4 rings (SSSR count). The van der Waals surface area contributed by atoms with Gasteiger partial charge < -0.3 is 14.5 Å². The van der Waals surface area contributed by atoms with E-state index in [1.807, 2.05) is 12.1 Å². The minimum Gasteiger partial charge on any atom is -0.467 e. The van der Waals surface area contributed by atoms with Gasteiger partial charge in [0.05, 0.1) is 18.4 Å². The predicted molar refractivity (Wildman–Crippen MR) is 68.3 cm³/mol. The zero-order valence-electron chi connectivity index (χ0n) is 10.0. The summed E-state index contributed by atoms with van der Waals surface area (Å²) >= 11 is 0. The maximum Gasteiger partial charge on any atom is 0.126 e. The van der Waals surface area contributed by atoms with Crippen molar-refractivity contribution in [2.75, 3.05) is 11.9 Å². The molecule has 92 valence electrons. The molecule has 0 aliphatic carbocycles. The van der Waals surface area contributed by atoms with Gasteiger partial charge in [0.2, 0.25) is 0 Å². The number of benzene rings is 1. The van der Waals surface area contributed by atoms with E-state index in [1.165, 1.54) is 11.3 Å². The van der Waals surface area contributed by atoms with E-state index in [0.29, 0.717) is 5.92 Å². The molecule has 1 aromatic carbocycles. The van der Waals surface area contributed by atoms with Crippen LogP contribution in [0, 0.1) is 5.92 Å². The van der Waals surface area contributed by atoms with Crippen LogP contribution in [0.15, 0.2) is 47.1 Å². The first-order valence-corrected chi connectivity index (χ1v) is 6.44. The van der Waals surface area contributed by atoms with Crippen LogP contribution in [0.1, 0.15) is 29.9 Å². The molecule has 3 heterocycles. The zero-order chi connectivity index (χ0) is 11.9. The highest BCUT2D eigenvalue weighted by Crippen LogP contribution is 2.49. The third kappa shape index (κ3) is 1.40. The summed E-state index contributed by atoms with van der Waals surface area (Å²) in [6, 6.07) is 12.6. The van der Waals surface area contributed by atoms with E-state index in [4.69, 9.17) is 9.15 Å². The van der Waals surface area contributed by atoms with Gasteiger partial charge in [0, 0.05) is 23.8 Å². The number of anilines is 1. The van der Waals surface area contributed by atoms with Gasteiger partial charge in [-0.1, -0.05) is 18.2 Å². The Balaban J connectivity index is 1.80. The van der Waals surface area contributed by atoms with Gasteiger partial charge in [0.1, 0.15) is 5.76 Å². The van der Waals surface area contributed by atoms with Crippen molar-refractivity contribution < 1.29 is 9.15 Å². The minimum atomic E-state index is 0.206. The molecule has 2 aromatic rings. The average molecular weight is 241 g/mol. The van der Waals surface area contributed by atoms with Crippen molar-refractivity contribution in [3.63, 3.8) is 0 Å². The normalized spacial score (nSPS) is 29.4. The van der Waals surface area contributed by atoms with Crippen LogP contribution < -0.4 is 5.32 Å². The number of rotatable bonds is 1. The van der Waals surface area contributed by atoms with Crippen molar-refractivity contribution in [2.24, 2.45) is 5.92 Å². The van der Waals surface area contributed by atoms with Crippen LogP contribution in [0.25, 0.3) is 0 Å². The van der Waals surface area contributed by atoms with Gasteiger partial charge in [0.25, 0.3) is 0 Å². The lowest BCUT2D eigenvalue weighted by molar-refractivity contribution is 0.0808. The van der Waals surface area contributed by atoms with Crippen molar-refractivity contribution in [1.82, 2.24) is 0 Å². The van der Waals surface area contributed by atoms with Crippen molar-refractivity contribution in [3.8, 4) is 0 Å². The van der Waals surface area contributed by atoms with Gasteiger partial charge >= 0.3 is 0 Å². The largest absolute Gasteiger partial charge is 0.467 e. The van der Waals surface area contributed by atoms with Crippen molar-refractivity contribution in [1.29, 1.82) is 0 Å². The molecule has 0 amide bonds. The minimum absolute atomic E-state index is 0.206. The van der Waals surface area contributed by atoms with Gasteiger partial charge in [-0.2, -0.15) is 0 Å². The summed E-state index contributed by atoms with van der Waals surface area (Å²) < 4.78 is 11.5. The van der Waals surface area contributed by atoms with Crippen LogP contribution >= 0.6 is 0 Å². The van der Waals surface area contributed by atoms with E-state index in [0.717, 1.165) is 18.8 Å². The standard InChI is InChI=1S/C15H15NO2/c1-2-5-12-10(4-1)15-11(7-9-18-15)14(16-12)13-6-3-8-17-13/h1-6,8,11,14-16H,7,9H2/t11-,14-,15+/m0/s1. The molecule has 3 atom stereocenters. The molecule has 0 spiro atoms. The first-order chi connectivity index (χ1) is 8.93. The summed E-state index contributed by atoms with van der Waals surface area (Å²) in [7, 11) is 0. The zero-order valence-corrected chi connectivity index (χ0v) is 10.0. The van der Waals surface area contributed by atoms with Crippen LogP contribution in [0.4, 0.5) is 5.69 Å². The van der Waals surface area contributed by atoms with Crippen LogP contribution in [0.2, 0.25) is 0 Å². The molecule has 3 nitrogen and oxygen atoms in total. The molecule has 0 saturated carbocycles. The Morgan fingerprint density at radius 1 is 1.11 bits per heavy atom. The molecule has 1 N–H and O–H groups in total. The summed E-state index contributed by atoms with van der Waals surface area (Å²) in [5.41, 5.74) is 2.45. The number of para-hydroxylation sites is 1. The van der Waals surface area contributed by atoms with E-state index in [-0.39, 0.29) is 12.1 Å². The van der Waals surface area contributed by atoms with Crippen LogP contribution in [0.5, 0.6) is 0 Å². The molecular weight excluding hydrogens is 226 g/mol. The number of hydrogen-bond donors (Lipinski definition) is 1. The topological polar surface area (TPSA) is 34.4 Å². The molecule has 1 aromatic heterocycles. The maximum atomic E-state index is 5.93. The van der Waals surface area contributed by atoms with Crippen molar-refractivity contribution >= 4 is 5.69 Å². The number of ether oxygens (including phenoxy) is 1. The van der Waals surface area contributed by atoms with Gasteiger partial charge in [-0.25, -0.2) is 0 Å². The van der Waals surface area contributed by atoms with E-state index in [1.54, 1.807) is 6.26 Å². The molecule has 18 heavy (non-hydrogen) atoms. The lowest BCUT2D eigenvalue weighted by Gasteiger charge is -2.34. The fraction of sp³-hybridized carbons (Fsp3) is 0.333. The Hall–Kier alpha value is -1.74. The summed E-state index contributed by atoms with van der Waals surface area (Å²) in [6.07, 6.45) is 3.03. The first kappa shape index (κ1) is 10.2. The molecular formula is C15H15NO2. The summed E-state index contributed by atoms with van der Waals surface area (Å²) in [4.78, 5) is 0. The second-order valence-electron chi connectivity index (χ2n) is 4.97. The summed E-state index contributed by atoms with van der Waals surface area (Å²) in [6.45, 7) is 0.836. The maximum absolute atomic E-state index is 5.93. The smallest absolute Gasteiger partial charge is 0.126 e. The molecule has 0 radical (unpaired) electrons. The second kappa shape index (κ2) is 3.89. The second-order valence-corrected chi connectivity index (χ2v) is 4.97. The number of nitrogens with one attached hydrogen (secondary N) is 1. The van der Waals surface area contributed by atoms with Gasteiger partial charge in [0.15, 0.2) is 0 Å². The van der Waals surface area contributed by atoms with Gasteiger partial charge in [-0.3, -0.25) is 0 Å². The molecule has 3 heteroatoms.